The van der Waals surface area contributed by atoms with Gasteiger partial charge in [0, 0.05) is 13.1 Å². The van der Waals surface area contributed by atoms with Gasteiger partial charge in [0.2, 0.25) is 0 Å². The van der Waals surface area contributed by atoms with Gasteiger partial charge in [0.05, 0.1) is 0 Å². The summed E-state index contributed by atoms with van der Waals surface area (Å²) in [7, 11) is 0. The Morgan fingerprint density at radius 1 is 1.50 bits per heavy atom. The van der Waals surface area contributed by atoms with Crippen LogP contribution in [-0.4, -0.2) is 46.3 Å². The number of rotatable bonds is 3. The Hall–Kier alpha value is -1.30. The maximum atomic E-state index is 10.5. The van der Waals surface area contributed by atoms with Crippen molar-refractivity contribution in [1.29, 1.82) is 0 Å². The summed E-state index contributed by atoms with van der Waals surface area (Å²) >= 11 is 0. The first kappa shape index (κ1) is 10.8. The minimum atomic E-state index is -1.03. The molecule has 14 heavy (non-hydrogen) atoms. The van der Waals surface area contributed by atoms with Crippen LogP contribution in [0.3, 0.4) is 0 Å². The van der Waals surface area contributed by atoms with Crippen molar-refractivity contribution >= 4 is 12.1 Å². The van der Waals surface area contributed by atoms with E-state index in [2.05, 4.69) is 0 Å². The highest BCUT2D eigenvalue weighted by molar-refractivity contribution is 5.73. The van der Waals surface area contributed by atoms with Gasteiger partial charge in [-0.2, -0.15) is 0 Å². The molecular weight excluding hydrogens is 188 g/mol. The largest absolute Gasteiger partial charge is 0.480 e. The second-order valence-corrected chi connectivity index (χ2v) is 3.56. The minimum absolute atomic E-state index is 0.0807. The van der Waals surface area contributed by atoms with Crippen LogP contribution in [0.5, 0.6) is 0 Å². The number of hydrogen-bond donors (Lipinski definition) is 3. The SMILES string of the molecule is NC(CC1CCN(C(=O)O)C1)C(=O)O. The molecule has 0 bridgehead atoms. The van der Waals surface area contributed by atoms with Crippen LogP contribution in [0.15, 0.2) is 0 Å². The molecule has 0 aliphatic carbocycles. The lowest BCUT2D eigenvalue weighted by atomic mass is 10.00. The summed E-state index contributed by atoms with van der Waals surface area (Å²) in [5.74, 6) is -0.948. The van der Waals surface area contributed by atoms with E-state index in [-0.39, 0.29) is 5.92 Å². The third kappa shape index (κ3) is 2.59. The Morgan fingerprint density at radius 2 is 2.14 bits per heavy atom. The van der Waals surface area contributed by atoms with Crippen molar-refractivity contribution in [2.75, 3.05) is 13.1 Å². The Labute approximate surface area is 81.3 Å². The minimum Gasteiger partial charge on any atom is -0.480 e. The van der Waals surface area contributed by atoms with Gasteiger partial charge in [-0.3, -0.25) is 4.79 Å². The molecule has 2 atom stereocenters. The molecule has 1 aliphatic rings. The molecule has 6 heteroatoms. The zero-order chi connectivity index (χ0) is 10.7. The molecular formula is C8H14N2O4. The van der Waals surface area contributed by atoms with Gasteiger partial charge in [-0.1, -0.05) is 0 Å². The monoisotopic (exact) mass is 202 g/mol. The van der Waals surface area contributed by atoms with Crippen molar-refractivity contribution in [2.24, 2.45) is 11.7 Å². The van der Waals surface area contributed by atoms with Gasteiger partial charge in [-0.05, 0) is 18.8 Å². The molecule has 1 amide bonds. The smallest absolute Gasteiger partial charge is 0.407 e. The second kappa shape index (κ2) is 4.28. The topological polar surface area (TPSA) is 104 Å². The fraction of sp³-hybridized carbons (Fsp3) is 0.750. The first-order valence-electron chi connectivity index (χ1n) is 4.47. The molecule has 1 rings (SSSR count). The standard InChI is InChI=1S/C8H14N2O4/c9-6(7(11)12)3-5-1-2-10(4-5)8(13)14/h5-6H,1-4,9H2,(H,11,12)(H,13,14). The van der Waals surface area contributed by atoms with Crippen molar-refractivity contribution in [3.05, 3.63) is 0 Å². The Kier molecular flexibility index (Phi) is 3.29. The molecule has 80 valence electrons. The molecule has 1 saturated heterocycles. The van der Waals surface area contributed by atoms with Crippen LogP contribution < -0.4 is 5.73 Å². The van der Waals surface area contributed by atoms with E-state index in [1.165, 1.54) is 4.90 Å². The van der Waals surface area contributed by atoms with Crippen LogP contribution in [0.25, 0.3) is 0 Å². The van der Waals surface area contributed by atoms with Gasteiger partial charge < -0.3 is 20.8 Å². The molecule has 0 aromatic rings. The van der Waals surface area contributed by atoms with E-state index in [9.17, 15) is 9.59 Å². The summed E-state index contributed by atoms with van der Waals surface area (Å²) in [5, 5.41) is 17.2. The lowest BCUT2D eigenvalue weighted by Crippen LogP contribution is -2.33. The van der Waals surface area contributed by atoms with Crippen LogP contribution >= 0.6 is 0 Å². The maximum absolute atomic E-state index is 10.5. The van der Waals surface area contributed by atoms with E-state index in [1.807, 2.05) is 0 Å². The normalized spacial score (nSPS) is 23.5. The molecule has 1 fully saturated rings. The predicted molar refractivity (Wildman–Crippen MR) is 47.9 cm³/mol. The van der Waals surface area contributed by atoms with E-state index in [0.717, 1.165) is 0 Å². The molecule has 0 aromatic heterocycles. The molecule has 6 nitrogen and oxygen atoms in total. The van der Waals surface area contributed by atoms with Gasteiger partial charge in [-0.25, -0.2) is 4.79 Å². The lowest BCUT2D eigenvalue weighted by molar-refractivity contribution is -0.138. The molecule has 1 heterocycles. The molecule has 0 spiro atoms. The average molecular weight is 202 g/mol. The van der Waals surface area contributed by atoms with Crippen LogP contribution in [0, 0.1) is 5.92 Å². The molecule has 1 aliphatic heterocycles. The van der Waals surface area contributed by atoms with Crippen LogP contribution in [0.1, 0.15) is 12.8 Å². The molecule has 2 unspecified atom stereocenters. The summed E-state index contributed by atoms with van der Waals surface area (Å²) in [4.78, 5) is 22.3. The number of nitrogens with two attached hydrogens (primary N) is 1. The first-order chi connectivity index (χ1) is 6.50. The quantitative estimate of drug-likeness (QED) is 0.587. The number of carbonyl (C=O) groups is 2. The van der Waals surface area contributed by atoms with Crippen molar-refractivity contribution in [3.63, 3.8) is 0 Å². The molecule has 0 saturated carbocycles. The summed E-state index contributed by atoms with van der Waals surface area (Å²) in [6, 6.07) is -0.881. The average Bonchev–Trinajstić information content (AvgIpc) is 2.52. The van der Waals surface area contributed by atoms with Crippen LogP contribution in [0.4, 0.5) is 4.79 Å². The summed E-state index contributed by atoms with van der Waals surface area (Å²) in [5.41, 5.74) is 5.35. The highest BCUT2D eigenvalue weighted by Gasteiger charge is 2.28. The summed E-state index contributed by atoms with van der Waals surface area (Å²) < 4.78 is 0. The zero-order valence-electron chi connectivity index (χ0n) is 7.72. The fourth-order valence-electron chi connectivity index (χ4n) is 1.66. The fourth-order valence-corrected chi connectivity index (χ4v) is 1.66. The lowest BCUT2D eigenvalue weighted by Gasteiger charge is -2.13. The summed E-state index contributed by atoms with van der Waals surface area (Å²) in [6.45, 7) is 0.878. The molecule has 0 radical (unpaired) electrons. The number of nitrogens with zero attached hydrogens (tertiary/aromatic N) is 1. The van der Waals surface area contributed by atoms with Gasteiger partial charge in [0.15, 0.2) is 0 Å². The Balaban J connectivity index is 2.36. The highest BCUT2D eigenvalue weighted by Crippen LogP contribution is 2.20. The van der Waals surface area contributed by atoms with E-state index in [4.69, 9.17) is 15.9 Å². The van der Waals surface area contributed by atoms with Crippen molar-refractivity contribution in [3.8, 4) is 0 Å². The zero-order valence-corrected chi connectivity index (χ0v) is 7.72. The van der Waals surface area contributed by atoms with Gasteiger partial charge in [0.1, 0.15) is 6.04 Å². The van der Waals surface area contributed by atoms with Crippen LogP contribution in [0.2, 0.25) is 0 Å². The van der Waals surface area contributed by atoms with Gasteiger partial charge in [0.25, 0.3) is 0 Å². The van der Waals surface area contributed by atoms with E-state index < -0.39 is 18.1 Å². The third-order valence-electron chi connectivity index (χ3n) is 2.46. The van der Waals surface area contributed by atoms with Gasteiger partial charge >= 0.3 is 12.1 Å². The van der Waals surface area contributed by atoms with Crippen LogP contribution in [-0.2, 0) is 4.79 Å². The molecule has 0 aromatic carbocycles. The number of aliphatic carboxylic acids is 1. The molecule has 4 N–H and O–H groups in total. The van der Waals surface area contributed by atoms with E-state index in [1.54, 1.807) is 0 Å². The first-order valence-corrected chi connectivity index (χ1v) is 4.47. The number of carboxylic acids is 1. The Morgan fingerprint density at radius 3 is 2.57 bits per heavy atom. The number of hydrogen-bond acceptors (Lipinski definition) is 3. The van der Waals surface area contributed by atoms with Crippen molar-refractivity contribution in [1.82, 2.24) is 4.90 Å². The van der Waals surface area contributed by atoms with E-state index >= 15 is 0 Å². The summed E-state index contributed by atoms with van der Waals surface area (Å²) in [6.07, 6.45) is 0.100. The second-order valence-electron chi connectivity index (χ2n) is 3.56. The van der Waals surface area contributed by atoms with Gasteiger partial charge in [-0.15, -0.1) is 0 Å². The third-order valence-corrected chi connectivity index (χ3v) is 2.46. The Bertz CT molecular complexity index is 243. The van der Waals surface area contributed by atoms with Crippen molar-refractivity contribution in [2.45, 2.75) is 18.9 Å². The predicted octanol–water partition coefficient (Wildman–Crippen LogP) is -0.212. The van der Waals surface area contributed by atoms with E-state index in [0.29, 0.717) is 25.9 Å². The number of likely N-dealkylation sites (tertiary alicyclic amines) is 1. The number of carboxylic acid groups (broad SMARTS) is 2. The highest BCUT2D eigenvalue weighted by atomic mass is 16.4. The van der Waals surface area contributed by atoms with Crippen molar-refractivity contribution < 1.29 is 19.8 Å². The number of amides is 1. The maximum Gasteiger partial charge on any atom is 0.407 e.